The van der Waals surface area contributed by atoms with Gasteiger partial charge >= 0.3 is 5.97 Å². The molecule has 258 valence electrons. The summed E-state index contributed by atoms with van der Waals surface area (Å²) in [5.74, 6) is 0.0384. The van der Waals surface area contributed by atoms with E-state index in [1.807, 2.05) is 4.90 Å². The Morgan fingerprint density at radius 3 is 2.38 bits per heavy atom. The van der Waals surface area contributed by atoms with Crippen molar-refractivity contribution >= 4 is 34.4 Å². The summed E-state index contributed by atoms with van der Waals surface area (Å²) in [6, 6.07) is 5.87. The van der Waals surface area contributed by atoms with Crippen LogP contribution in [-0.2, 0) is 23.8 Å². The van der Waals surface area contributed by atoms with E-state index >= 15 is 0 Å². The van der Waals surface area contributed by atoms with Crippen LogP contribution < -0.4 is 11.1 Å². The SMILES string of the molecule is COC1CCC(C2CCN(C(=O)C3CCC([C@H](N)CF)CC3)[C@@H]2C(=O)Nc2ccc3oc(C(=O)OCC4CC(OC)C4)cc3c2)CC1. The molecule has 6 rings (SSSR count). The lowest BCUT2D eigenvalue weighted by molar-refractivity contribution is -0.142. The van der Waals surface area contributed by atoms with E-state index in [2.05, 4.69) is 5.32 Å². The van der Waals surface area contributed by atoms with Crippen molar-refractivity contribution in [2.45, 2.75) is 94.9 Å². The van der Waals surface area contributed by atoms with Crippen LogP contribution in [-0.4, -0.2) is 81.0 Å². The third-order valence-corrected chi connectivity index (χ3v) is 11.5. The van der Waals surface area contributed by atoms with E-state index in [9.17, 15) is 18.8 Å². The summed E-state index contributed by atoms with van der Waals surface area (Å²) in [7, 11) is 3.44. The lowest BCUT2D eigenvalue weighted by Crippen LogP contribution is -2.50. The molecule has 10 nitrogen and oxygen atoms in total. The van der Waals surface area contributed by atoms with Gasteiger partial charge in [-0.15, -0.1) is 0 Å². The molecule has 0 spiro atoms. The summed E-state index contributed by atoms with van der Waals surface area (Å²) in [6.07, 6.45) is 9.66. The molecule has 1 aromatic carbocycles. The van der Waals surface area contributed by atoms with Gasteiger partial charge in [-0.3, -0.25) is 9.59 Å². The first-order chi connectivity index (χ1) is 22.8. The Balaban J connectivity index is 1.14. The van der Waals surface area contributed by atoms with Crippen molar-refractivity contribution in [3.8, 4) is 0 Å². The van der Waals surface area contributed by atoms with Gasteiger partial charge in [0.1, 0.15) is 18.3 Å². The average molecular weight is 656 g/mol. The topological polar surface area (TPSA) is 133 Å². The summed E-state index contributed by atoms with van der Waals surface area (Å²) >= 11 is 0. The van der Waals surface area contributed by atoms with Gasteiger partial charge in [0.25, 0.3) is 0 Å². The van der Waals surface area contributed by atoms with Gasteiger partial charge in [0.2, 0.25) is 17.6 Å². The lowest BCUT2D eigenvalue weighted by Gasteiger charge is -2.37. The fraction of sp³-hybridized carbons (Fsp3) is 0.694. The van der Waals surface area contributed by atoms with Gasteiger partial charge in [0.05, 0.1) is 18.8 Å². The molecule has 0 radical (unpaired) electrons. The number of anilines is 1. The van der Waals surface area contributed by atoms with E-state index in [0.29, 0.717) is 54.5 Å². The van der Waals surface area contributed by atoms with Crippen molar-refractivity contribution in [1.29, 1.82) is 0 Å². The maximum Gasteiger partial charge on any atom is 0.374 e. The molecular weight excluding hydrogens is 605 g/mol. The molecular formula is C36H50FN3O7. The number of nitrogens with one attached hydrogen (secondary N) is 1. The van der Waals surface area contributed by atoms with Crippen molar-refractivity contribution in [1.82, 2.24) is 4.90 Å². The van der Waals surface area contributed by atoms with E-state index in [4.69, 9.17) is 24.4 Å². The molecule has 3 N–H and O–H groups in total. The number of hydrogen-bond donors (Lipinski definition) is 2. The highest BCUT2D eigenvalue weighted by Crippen LogP contribution is 2.42. The van der Waals surface area contributed by atoms with Crippen LogP contribution in [0.2, 0.25) is 0 Å². The number of alkyl halides is 1. The van der Waals surface area contributed by atoms with E-state index < -0.39 is 24.7 Å². The number of likely N-dealkylation sites (tertiary alicyclic amines) is 1. The first kappa shape index (κ1) is 33.9. The largest absolute Gasteiger partial charge is 0.460 e. The van der Waals surface area contributed by atoms with E-state index in [-0.39, 0.29) is 47.5 Å². The molecule has 4 fully saturated rings. The quantitative estimate of drug-likeness (QED) is 0.304. The van der Waals surface area contributed by atoms with Gasteiger partial charge in [-0.25, -0.2) is 9.18 Å². The molecule has 11 heteroatoms. The second-order valence-corrected chi connectivity index (χ2v) is 14.3. The van der Waals surface area contributed by atoms with Crippen LogP contribution in [0, 0.1) is 29.6 Å². The Bertz CT molecular complexity index is 1390. The molecule has 1 unspecified atom stereocenters. The molecule has 1 saturated heterocycles. The highest BCUT2D eigenvalue weighted by molar-refractivity contribution is 6.00. The maximum absolute atomic E-state index is 14.1. The highest BCUT2D eigenvalue weighted by atomic mass is 19.1. The van der Waals surface area contributed by atoms with Crippen LogP contribution in [0.4, 0.5) is 10.1 Å². The zero-order chi connectivity index (χ0) is 33.1. The number of rotatable bonds is 11. The number of ether oxygens (including phenoxy) is 3. The molecule has 2 heterocycles. The number of amides is 2. The second kappa shape index (κ2) is 15.0. The van der Waals surface area contributed by atoms with Crippen molar-refractivity contribution in [2.24, 2.45) is 35.3 Å². The molecule has 2 amide bonds. The summed E-state index contributed by atoms with van der Waals surface area (Å²) in [4.78, 5) is 42.6. The van der Waals surface area contributed by atoms with Crippen molar-refractivity contribution in [3.05, 3.63) is 30.0 Å². The molecule has 3 aliphatic carbocycles. The number of furan rings is 1. The Morgan fingerprint density at radius 2 is 1.70 bits per heavy atom. The smallest absolute Gasteiger partial charge is 0.374 e. The number of fused-ring (bicyclic) bond motifs is 1. The number of hydrogen-bond acceptors (Lipinski definition) is 8. The minimum atomic E-state index is -0.577. The summed E-state index contributed by atoms with van der Waals surface area (Å²) in [5.41, 5.74) is 7.07. The van der Waals surface area contributed by atoms with E-state index in [1.165, 1.54) is 0 Å². The van der Waals surface area contributed by atoms with Gasteiger partial charge < -0.3 is 34.6 Å². The molecule has 0 bridgehead atoms. The van der Waals surface area contributed by atoms with Crippen LogP contribution in [0.15, 0.2) is 28.7 Å². The molecule has 4 aliphatic rings. The second-order valence-electron chi connectivity index (χ2n) is 14.3. The van der Waals surface area contributed by atoms with E-state index in [0.717, 1.165) is 57.8 Å². The zero-order valence-electron chi connectivity index (χ0n) is 27.7. The van der Waals surface area contributed by atoms with Crippen LogP contribution in [0.1, 0.15) is 81.2 Å². The number of carbonyl (C=O) groups is 3. The number of esters is 1. The summed E-state index contributed by atoms with van der Waals surface area (Å²) in [5, 5.41) is 3.78. The molecule has 2 aromatic rings. The predicted octanol–water partition coefficient (Wildman–Crippen LogP) is 5.48. The number of benzene rings is 1. The number of nitrogens with zero attached hydrogens (tertiary/aromatic N) is 1. The van der Waals surface area contributed by atoms with Crippen LogP contribution in [0.5, 0.6) is 0 Å². The summed E-state index contributed by atoms with van der Waals surface area (Å²) in [6.45, 7) is 0.334. The fourth-order valence-electron chi connectivity index (χ4n) is 8.51. The lowest BCUT2D eigenvalue weighted by atomic mass is 9.75. The summed E-state index contributed by atoms with van der Waals surface area (Å²) < 4.78 is 35.3. The van der Waals surface area contributed by atoms with Gasteiger partial charge in [-0.2, -0.15) is 0 Å². The fourth-order valence-corrected chi connectivity index (χ4v) is 8.51. The predicted molar refractivity (Wildman–Crippen MR) is 174 cm³/mol. The van der Waals surface area contributed by atoms with Crippen LogP contribution >= 0.6 is 0 Å². The molecule has 1 aliphatic heterocycles. The van der Waals surface area contributed by atoms with Crippen molar-refractivity contribution in [2.75, 3.05) is 39.4 Å². The van der Waals surface area contributed by atoms with Crippen LogP contribution in [0.25, 0.3) is 11.0 Å². The average Bonchev–Trinajstić information content (AvgIpc) is 3.72. The Kier molecular flexibility index (Phi) is 10.8. The number of nitrogens with two attached hydrogens (primary N) is 1. The van der Waals surface area contributed by atoms with Crippen molar-refractivity contribution in [3.63, 3.8) is 0 Å². The molecule has 1 aromatic heterocycles. The standard InChI is InChI=1S/C36H50FN3O7/c1-44-27-10-7-22(8-11-27)29-13-14-40(35(42)24-5-3-23(4-6-24)30(38)19-37)33(29)34(41)39-26-9-12-31-25(17-26)18-32(47-31)36(43)46-20-21-15-28(16-21)45-2/h9,12,17-18,21-24,27-30,33H,3-8,10-11,13-16,19-20,38H2,1-2H3,(H,39,41)/t21?,22?,23?,24?,27?,28?,29?,30-,33+/m1/s1. The number of halogens is 1. The number of carbonyl (C=O) groups excluding carboxylic acids is 3. The van der Waals surface area contributed by atoms with Crippen LogP contribution in [0.3, 0.4) is 0 Å². The molecule has 47 heavy (non-hydrogen) atoms. The Hall–Kier alpha value is -3.02. The molecule has 3 atom stereocenters. The Morgan fingerprint density at radius 1 is 0.979 bits per heavy atom. The van der Waals surface area contributed by atoms with E-state index in [1.54, 1.807) is 38.5 Å². The normalized spacial score (nSPS) is 31.7. The van der Waals surface area contributed by atoms with Crippen molar-refractivity contribution < 1.29 is 37.4 Å². The highest BCUT2D eigenvalue weighted by Gasteiger charge is 2.47. The third-order valence-electron chi connectivity index (χ3n) is 11.5. The first-order valence-corrected chi connectivity index (χ1v) is 17.5. The van der Waals surface area contributed by atoms with Gasteiger partial charge in [0, 0.05) is 43.8 Å². The minimum Gasteiger partial charge on any atom is -0.460 e. The Labute approximate surface area is 276 Å². The monoisotopic (exact) mass is 655 g/mol. The van der Waals surface area contributed by atoms with Gasteiger partial charge in [-0.1, -0.05) is 0 Å². The first-order valence-electron chi connectivity index (χ1n) is 17.5. The van der Waals surface area contributed by atoms with Gasteiger partial charge in [-0.05, 0) is 119 Å². The minimum absolute atomic E-state index is 0.0265. The third kappa shape index (κ3) is 7.52. The van der Waals surface area contributed by atoms with Gasteiger partial charge in [0.15, 0.2) is 0 Å². The number of methoxy groups -OCH3 is 2. The molecule has 3 saturated carbocycles. The zero-order valence-corrected chi connectivity index (χ0v) is 27.7. The maximum atomic E-state index is 14.1.